The van der Waals surface area contributed by atoms with E-state index in [0.29, 0.717) is 6.42 Å². The summed E-state index contributed by atoms with van der Waals surface area (Å²) >= 11 is 0. The molecule has 0 fully saturated rings. The molecule has 0 spiro atoms. The van der Waals surface area contributed by atoms with Crippen LogP contribution in [0.4, 0.5) is 0 Å². The normalized spacial score (nSPS) is 16.9. The summed E-state index contributed by atoms with van der Waals surface area (Å²) in [6.45, 7) is 1.22. The molecular formula is C5H17NO8P2. The van der Waals surface area contributed by atoms with Crippen LogP contribution in [0.1, 0.15) is 13.3 Å². The van der Waals surface area contributed by atoms with Crippen LogP contribution >= 0.6 is 16.3 Å². The van der Waals surface area contributed by atoms with Crippen LogP contribution in [0.15, 0.2) is 4.95 Å². The summed E-state index contributed by atoms with van der Waals surface area (Å²) in [6.07, 6.45) is 0.452. The molecule has 0 aliphatic heterocycles. The number of hydrogen-bond donors (Lipinski definition) is 5. The molecule has 0 amide bonds. The summed E-state index contributed by atoms with van der Waals surface area (Å²) in [4.78, 5) is 55.2. The zero-order chi connectivity index (χ0) is 12.8. The van der Waals surface area contributed by atoms with Gasteiger partial charge in [-0.15, -0.1) is 0 Å². The molecule has 0 aromatic carbocycles. The van der Waals surface area contributed by atoms with Crippen molar-refractivity contribution in [1.29, 1.82) is 0 Å². The number of rotatable bonds is 8. The fourth-order valence-electron chi connectivity index (χ4n) is 0.769. The second-order valence-corrected chi connectivity index (χ2v) is 6.19. The molecule has 0 bridgehead atoms. The molecule has 0 aromatic heterocycles. The standard InChI is InChI=1S/C5H17NO8P2/c1-2-5(4-14-16(10,11)12)3-13-15(8,9)6-7/h5,8-12,15-16H,2-4H2,1H3. The molecule has 5 N–H and O–H groups in total. The third kappa shape index (κ3) is 8.35. The average Bonchev–Trinajstić information content (AvgIpc) is 2.16. The van der Waals surface area contributed by atoms with Gasteiger partial charge in [0.15, 0.2) is 0 Å². The van der Waals surface area contributed by atoms with Gasteiger partial charge in [-0.2, -0.15) is 0 Å². The van der Waals surface area contributed by atoms with E-state index in [-0.39, 0.29) is 13.2 Å². The first-order valence-electron chi connectivity index (χ1n) is 4.44. The molecule has 0 aliphatic rings. The molecule has 0 saturated carbocycles. The summed E-state index contributed by atoms with van der Waals surface area (Å²) in [5.41, 5.74) is 0. The van der Waals surface area contributed by atoms with Gasteiger partial charge in [0, 0.05) is 0 Å². The van der Waals surface area contributed by atoms with Gasteiger partial charge in [-0.1, -0.05) is 0 Å². The minimum absolute atomic E-state index is 0.241. The number of nitrogens with zero attached hydrogens (tertiary/aromatic N) is 1. The average molecular weight is 281 g/mol. The van der Waals surface area contributed by atoms with E-state index in [2.05, 4.69) is 9.05 Å². The minimum atomic E-state index is -4.57. The Bertz CT molecular complexity index is 219. The van der Waals surface area contributed by atoms with Crippen LogP contribution in [0.5, 0.6) is 0 Å². The van der Waals surface area contributed by atoms with Gasteiger partial charge in [0.1, 0.15) is 0 Å². The van der Waals surface area contributed by atoms with Crippen molar-refractivity contribution in [2.45, 2.75) is 13.3 Å². The Balaban J connectivity index is 3.98. The van der Waals surface area contributed by atoms with E-state index >= 15 is 0 Å². The first-order chi connectivity index (χ1) is 7.20. The van der Waals surface area contributed by atoms with Gasteiger partial charge >= 0.3 is 92.1 Å². The van der Waals surface area contributed by atoms with Gasteiger partial charge in [-0.05, 0) is 0 Å². The van der Waals surface area contributed by atoms with E-state index in [1.54, 1.807) is 6.92 Å². The Morgan fingerprint density at radius 2 is 1.62 bits per heavy atom. The van der Waals surface area contributed by atoms with Crippen molar-refractivity contribution in [3.05, 3.63) is 4.91 Å². The molecule has 11 heteroatoms. The summed E-state index contributed by atoms with van der Waals surface area (Å²) < 4.78 is 8.81. The summed E-state index contributed by atoms with van der Waals surface area (Å²) in [5.74, 6) is -0.425. The van der Waals surface area contributed by atoms with Crippen molar-refractivity contribution in [1.82, 2.24) is 0 Å². The predicted octanol–water partition coefficient (Wildman–Crippen LogP) is -0.407. The van der Waals surface area contributed by atoms with E-state index in [4.69, 9.17) is 24.5 Å². The van der Waals surface area contributed by atoms with Gasteiger partial charge in [-0.25, -0.2) is 0 Å². The number of nitroso groups, excluding NO2 is 1. The molecule has 9 nitrogen and oxygen atoms in total. The van der Waals surface area contributed by atoms with Gasteiger partial charge in [0.05, 0.1) is 0 Å². The Kier molecular flexibility index (Phi) is 6.88. The fraction of sp³-hybridized carbons (Fsp3) is 1.00. The van der Waals surface area contributed by atoms with Gasteiger partial charge < -0.3 is 0 Å². The van der Waals surface area contributed by atoms with Crippen LogP contribution < -0.4 is 0 Å². The van der Waals surface area contributed by atoms with Crippen molar-refractivity contribution in [2.75, 3.05) is 13.2 Å². The van der Waals surface area contributed by atoms with Crippen molar-refractivity contribution in [2.24, 2.45) is 10.9 Å². The molecular weight excluding hydrogens is 264 g/mol. The summed E-state index contributed by atoms with van der Waals surface area (Å²) in [7, 11) is -9.07. The Morgan fingerprint density at radius 1 is 1.12 bits per heavy atom. The fourth-order valence-corrected chi connectivity index (χ4v) is 1.74. The molecule has 0 rings (SSSR count). The monoisotopic (exact) mass is 281 g/mol. The van der Waals surface area contributed by atoms with Crippen LogP contribution in [-0.4, -0.2) is 37.7 Å². The van der Waals surface area contributed by atoms with Crippen LogP contribution in [0, 0.1) is 10.8 Å². The first-order valence-corrected chi connectivity index (χ1v) is 7.94. The van der Waals surface area contributed by atoms with Gasteiger partial charge in [0.2, 0.25) is 0 Å². The SMILES string of the molecule is CCC(CO[PH](O)(O)O)CO[PH](O)(O)N=O. The third-order valence-electron chi connectivity index (χ3n) is 1.72. The Morgan fingerprint density at radius 3 is 2.00 bits per heavy atom. The van der Waals surface area contributed by atoms with Gasteiger partial charge in [0.25, 0.3) is 0 Å². The first kappa shape index (κ1) is 16.2. The predicted molar refractivity (Wildman–Crippen MR) is 59.2 cm³/mol. The maximum atomic E-state index is 9.89. The van der Waals surface area contributed by atoms with E-state index < -0.39 is 22.2 Å². The maximum absolute atomic E-state index is 9.89. The van der Waals surface area contributed by atoms with Crippen LogP contribution in [0.25, 0.3) is 0 Å². The van der Waals surface area contributed by atoms with E-state index in [1.165, 1.54) is 0 Å². The van der Waals surface area contributed by atoms with Crippen molar-refractivity contribution >= 4 is 16.3 Å². The molecule has 1 unspecified atom stereocenters. The zero-order valence-electron chi connectivity index (χ0n) is 8.61. The van der Waals surface area contributed by atoms with E-state index in [1.807, 2.05) is 4.95 Å². The Hall–Kier alpha value is 0.180. The van der Waals surface area contributed by atoms with Crippen LogP contribution in [0.3, 0.4) is 0 Å². The van der Waals surface area contributed by atoms with E-state index in [0.717, 1.165) is 0 Å². The van der Waals surface area contributed by atoms with Crippen molar-refractivity contribution in [3.8, 4) is 0 Å². The third-order valence-corrected chi connectivity index (χ3v) is 3.07. The summed E-state index contributed by atoms with van der Waals surface area (Å²) in [5, 5.41) is 0. The van der Waals surface area contributed by atoms with Crippen molar-refractivity contribution < 1.29 is 33.5 Å². The molecule has 1 atom stereocenters. The van der Waals surface area contributed by atoms with Crippen LogP contribution in [0.2, 0.25) is 0 Å². The van der Waals surface area contributed by atoms with E-state index in [9.17, 15) is 4.91 Å². The molecule has 0 heterocycles. The number of hydrogen-bond acceptors (Lipinski definition) is 9. The van der Waals surface area contributed by atoms with Crippen molar-refractivity contribution in [3.63, 3.8) is 0 Å². The molecule has 0 saturated heterocycles. The molecule has 16 heavy (non-hydrogen) atoms. The van der Waals surface area contributed by atoms with Gasteiger partial charge in [-0.3, -0.25) is 0 Å². The topological polar surface area (TPSA) is 149 Å². The summed E-state index contributed by atoms with van der Waals surface area (Å²) in [6, 6.07) is 0. The molecule has 100 valence electrons. The quantitative estimate of drug-likeness (QED) is 0.298. The zero-order valence-corrected chi connectivity index (χ0v) is 10.6. The van der Waals surface area contributed by atoms with Crippen LogP contribution in [-0.2, 0) is 9.05 Å². The second-order valence-electron chi connectivity index (χ2n) is 3.14. The molecule has 0 aromatic rings. The second kappa shape index (κ2) is 6.80. The molecule has 0 radical (unpaired) electrons. The molecule has 0 aliphatic carbocycles. The Labute approximate surface area is 92.9 Å².